The lowest BCUT2D eigenvalue weighted by Gasteiger charge is -2.36. The molecule has 2 aromatic rings. The number of ketones is 1. The van der Waals surface area contributed by atoms with Gasteiger partial charge < -0.3 is 20.3 Å². The number of carboxylic acid groups (broad SMARTS) is 1. The summed E-state index contributed by atoms with van der Waals surface area (Å²) in [6.07, 6.45) is 2.62. The number of hydrogen-bond donors (Lipinski definition) is 4. The van der Waals surface area contributed by atoms with Gasteiger partial charge in [0.05, 0.1) is 18.9 Å². The monoisotopic (exact) mass is 662 g/mol. The molecule has 0 spiro atoms. The van der Waals surface area contributed by atoms with Crippen molar-refractivity contribution in [1.82, 2.24) is 10.2 Å². The topological polar surface area (TPSA) is 208 Å². The fourth-order valence-corrected chi connectivity index (χ4v) is 5.23. The Balaban J connectivity index is 0.00000136. The third-order valence-electron chi connectivity index (χ3n) is 7.37. The summed E-state index contributed by atoms with van der Waals surface area (Å²) in [5.41, 5.74) is 5.32. The lowest BCUT2D eigenvalue weighted by molar-refractivity contribution is -0.156. The summed E-state index contributed by atoms with van der Waals surface area (Å²) in [5, 5.41) is 17.9. The fourth-order valence-electron chi connectivity index (χ4n) is 5.23. The lowest BCUT2D eigenvalue weighted by Crippen LogP contribution is -2.64. The molecule has 6 N–H and O–H groups in total. The summed E-state index contributed by atoms with van der Waals surface area (Å²) in [7, 11) is -3.17. The number of primary sulfonamides is 1. The normalized spacial score (nSPS) is 17.3. The molecule has 1 aliphatic rings. The van der Waals surface area contributed by atoms with Crippen molar-refractivity contribution in [2.24, 2.45) is 10.9 Å². The zero-order valence-electron chi connectivity index (χ0n) is 26.4. The van der Waals surface area contributed by atoms with Crippen molar-refractivity contribution in [3.8, 4) is 0 Å². The Labute approximate surface area is 270 Å². The average molecular weight is 663 g/mol. The molecule has 0 aromatic heterocycles. The van der Waals surface area contributed by atoms with Crippen molar-refractivity contribution < 1.29 is 42.2 Å². The predicted octanol–water partition coefficient (Wildman–Crippen LogP) is 2.37. The van der Waals surface area contributed by atoms with E-state index in [0.29, 0.717) is 38.6 Å². The quantitative estimate of drug-likeness (QED) is 0.117. The van der Waals surface area contributed by atoms with E-state index >= 15 is 0 Å². The molecule has 1 heterocycles. The molecule has 1 unspecified atom stereocenters. The fraction of sp³-hybridized carbons (Fsp3) is 0.500. The van der Waals surface area contributed by atoms with E-state index in [0.717, 1.165) is 22.3 Å². The number of likely N-dealkylation sites (tertiary alicyclic amines) is 1. The summed E-state index contributed by atoms with van der Waals surface area (Å²) in [4.78, 5) is 54.2. The second kappa shape index (κ2) is 19.0. The van der Waals surface area contributed by atoms with Gasteiger partial charge in [0.2, 0.25) is 15.6 Å². The van der Waals surface area contributed by atoms with Crippen LogP contribution in [0.5, 0.6) is 0 Å². The van der Waals surface area contributed by atoms with Crippen LogP contribution in [-0.4, -0.2) is 85.8 Å². The van der Waals surface area contributed by atoms with Crippen LogP contribution in [0.3, 0.4) is 0 Å². The largest absolute Gasteiger partial charge is 0.479 e. The van der Waals surface area contributed by atoms with Gasteiger partial charge in [0.1, 0.15) is 12.6 Å². The first-order valence-corrected chi connectivity index (χ1v) is 17.2. The van der Waals surface area contributed by atoms with E-state index in [4.69, 9.17) is 15.2 Å². The Morgan fingerprint density at radius 1 is 0.957 bits per heavy atom. The number of carbonyl (C=O) groups is 4. The van der Waals surface area contributed by atoms with E-state index in [1.54, 1.807) is 31.2 Å². The molecule has 0 aliphatic carbocycles. The number of ether oxygens (including phenoxy) is 2. The number of aryl methyl sites for hydroxylation is 1. The summed E-state index contributed by atoms with van der Waals surface area (Å²) < 4.78 is 29.6. The van der Waals surface area contributed by atoms with Crippen molar-refractivity contribution in [3.05, 3.63) is 71.8 Å². The van der Waals surface area contributed by atoms with E-state index in [1.807, 2.05) is 36.4 Å². The number of carbonyl (C=O) groups excluding carboxylic acids is 3. The Morgan fingerprint density at radius 3 is 2.09 bits per heavy atom. The number of nitrogens with one attached hydrogen (secondary N) is 1. The van der Waals surface area contributed by atoms with Gasteiger partial charge in [0, 0.05) is 6.54 Å². The van der Waals surface area contributed by atoms with Gasteiger partial charge in [0.25, 0.3) is 0 Å². The van der Waals surface area contributed by atoms with Gasteiger partial charge in [0.15, 0.2) is 5.78 Å². The highest BCUT2D eigenvalue weighted by atomic mass is 32.2. The van der Waals surface area contributed by atoms with Crippen LogP contribution in [0.1, 0.15) is 56.6 Å². The molecule has 0 radical (unpaired) electrons. The number of rotatable bonds is 16. The SMILES string of the molecule is CCOC(=O)C(CCc1ccccc1)N[C@@H](CCCCN)C(=O)[C@@]1(C(=O)O)CCCN1C(=O)OCc1ccccc1.CS(N)(=O)=O. The highest BCUT2D eigenvalue weighted by molar-refractivity contribution is 7.88. The zero-order chi connectivity index (χ0) is 34.2. The van der Waals surface area contributed by atoms with Crippen molar-refractivity contribution in [2.75, 3.05) is 26.0 Å². The number of hydrogen-bond acceptors (Lipinski definition) is 10. The molecule has 254 valence electrons. The van der Waals surface area contributed by atoms with Crippen LogP contribution in [0, 0.1) is 0 Å². The number of benzene rings is 2. The molecule has 14 heteroatoms. The summed E-state index contributed by atoms with van der Waals surface area (Å²) in [5.74, 6) is -2.61. The lowest BCUT2D eigenvalue weighted by atomic mass is 9.84. The van der Waals surface area contributed by atoms with Crippen molar-refractivity contribution in [3.63, 3.8) is 0 Å². The molecular formula is C32H46N4O9S. The average Bonchev–Trinajstić information content (AvgIpc) is 3.48. The van der Waals surface area contributed by atoms with Gasteiger partial charge >= 0.3 is 18.0 Å². The summed E-state index contributed by atoms with van der Waals surface area (Å²) >= 11 is 0. The summed E-state index contributed by atoms with van der Waals surface area (Å²) in [6.45, 7) is 2.28. The van der Waals surface area contributed by atoms with Crippen molar-refractivity contribution >= 4 is 33.8 Å². The first-order valence-electron chi connectivity index (χ1n) is 15.2. The van der Waals surface area contributed by atoms with Gasteiger partial charge in [-0.05, 0) is 63.1 Å². The number of amides is 1. The number of carboxylic acids is 1. The minimum Gasteiger partial charge on any atom is -0.479 e. The van der Waals surface area contributed by atoms with Gasteiger partial charge in [-0.25, -0.2) is 23.1 Å². The maximum absolute atomic E-state index is 14.2. The molecule has 3 atom stereocenters. The number of Topliss-reactive ketones (excluding diaryl/α,β-unsaturated/α-hetero) is 1. The minimum atomic E-state index is -3.17. The molecule has 3 rings (SSSR count). The number of esters is 1. The second-order valence-corrected chi connectivity index (χ2v) is 12.6. The van der Waals surface area contributed by atoms with Crippen LogP contribution >= 0.6 is 0 Å². The first kappa shape index (κ1) is 38.3. The van der Waals surface area contributed by atoms with Crippen molar-refractivity contribution in [2.45, 2.75) is 76.1 Å². The van der Waals surface area contributed by atoms with E-state index in [1.165, 1.54) is 0 Å². The van der Waals surface area contributed by atoms with E-state index < -0.39 is 51.5 Å². The molecule has 46 heavy (non-hydrogen) atoms. The maximum atomic E-state index is 14.2. The molecule has 13 nitrogen and oxygen atoms in total. The number of sulfonamides is 1. The minimum absolute atomic E-state index is 0.0508. The Kier molecular flexibility index (Phi) is 15.8. The molecule has 0 bridgehead atoms. The smallest absolute Gasteiger partial charge is 0.411 e. The third kappa shape index (κ3) is 12.2. The van der Waals surface area contributed by atoms with Gasteiger partial charge in [-0.15, -0.1) is 0 Å². The van der Waals surface area contributed by atoms with Crippen LogP contribution in [0.25, 0.3) is 0 Å². The van der Waals surface area contributed by atoms with Crippen LogP contribution in [0.2, 0.25) is 0 Å². The van der Waals surface area contributed by atoms with E-state index in [9.17, 15) is 32.7 Å². The van der Waals surface area contributed by atoms with Crippen LogP contribution in [-0.2, 0) is 46.9 Å². The number of unbranched alkanes of at least 4 members (excludes halogenated alkanes) is 1. The van der Waals surface area contributed by atoms with Crippen LogP contribution in [0.4, 0.5) is 4.79 Å². The number of nitrogens with zero attached hydrogens (tertiary/aromatic N) is 1. The predicted molar refractivity (Wildman–Crippen MR) is 172 cm³/mol. The van der Waals surface area contributed by atoms with Crippen LogP contribution < -0.4 is 16.2 Å². The number of nitrogens with two attached hydrogens (primary N) is 2. The Hall–Kier alpha value is -3.85. The molecular weight excluding hydrogens is 616 g/mol. The third-order valence-corrected chi connectivity index (χ3v) is 7.37. The standard InChI is InChI=1S/C31H41N3O7.CH5NO2S/c1-2-40-28(36)26(18-17-23-12-5-3-6-13-23)33-25(16-9-10-20-32)27(35)31(29(37)38)19-11-21-34(31)30(39)41-22-24-14-7-4-8-15-24;1-5(2,3)4/h3-8,12-15,25-26,33H,2,9-11,16-22,32H2,1H3,(H,37,38);1H3,(H2,2,3,4)/t25-,26?,31+;/m0./s1. The maximum Gasteiger partial charge on any atom is 0.411 e. The second-order valence-electron chi connectivity index (χ2n) is 11.0. The highest BCUT2D eigenvalue weighted by Gasteiger charge is 2.58. The van der Waals surface area contributed by atoms with Gasteiger partial charge in [-0.2, -0.15) is 0 Å². The molecule has 0 saturated carbocycles. The highest BCUT2D eigenvalue weighted by Crippen LogP contribution is 2.34. The first-order chi connectivity index (χ1) is 21.8. The molecule has 1 saturated heterocycles. The molecule has 1 fully saturated rings. The molecule has 1 aliphatic heterocycles. The zero-order valence-corrected chi connectivity index (χ0v) is 27.2. The van der Waals surface area contributed by atoms with Gasteiger partial charge in [-0.1, -0.05) is 67.1 Å². The Morgan fingerprint density at radius 2 is 1.54 bits per heavy atom. The van der Waals surface area contributed by atoms with Crippen molar-refractivity contribution in [1.29, 1.82) is 0 Å². The Bertz CT molecular complexity index is 1370. The molecule has 2 aromatic carbocycles. The summed E-state index contributed by atoms with van der Waals surface area (Å²) in [6, 6.07) is 16.8. The van der Waals surface area contributed by atoms with Crippen LogP contribution in [0.15, 0.2) is 60.7 Å². The van der Waals surface area contributed by atoms with Gasteiger partial charge in [-0.3, -0.25) is 19.8 Å². The number of aliphatic carboxylic acids is 1. The molecule has 1 amide bonds. The van der Waals surface area contributed by atoms with E-state index in [-0.39, 0.29) is 32.6 Å². The van der Waals surface area contributed by atoms with E-state index in [2.05, 4.69) is 10.5 Å².